The second-order valence-electron chi connectivity index (χ2n) is 7.66. The number of nitrogens with zero attached hydrogens (tertiary/aromatic N) is 7. The van der Waals surface area contributed by atoms with Gasteiger partial charge in [0.15, 0.2) is 0 Å². The van der Waals surface area contributed by atoms with Crippen LogP contribution >= 0.6 is 11.8 Å². The van der Waals surface area contributed by atoms with Gasteiger partial charge in [-0.25, -0.2) is 19.9 Å². The summed E-state index contributed by atoms with van der Waals surface area (Å²) in [6, 6.07) is 17.6. The second kappa shape index (κ2) is 9.81. The third kappa shape index (κ3) is 5.03. The van der Waals surface area contributed by atoms with E-state index < -0.39 is 0 Å². The van der Waals surface area contributed by atoms with Gasteiger partial charge in [-0.1, -0.05) is 12.1 Å². The van der Waals surface area contributed by atoms with Gasteiger partial charge in [-0.15, -0.1) is 0 Å². The van der Waals surface area contributed by atoms with Crippen LogP contribution in [0, 0.1) is 10.7 Å². The first-order valence-corrected chi connectivity index (χ1v) is 11.5. The Morgan fingerprint density at radius 2 is 1.67 bits per heavy atom. The summed E-state index contributed by atoms with van der Waals surface area (Å²) in [5.74, 6) is 2.36. The van der Waals surface area contributed by atoms with Crippen LogP contribution in [0.25, 0.3) is 10.9 Å². The maximum absolute atomic E-state index is 8.85. The van der Waals surface area contributed by atoms with E-state index in [1.54, 1.807) is 12.4 Å². The van der Waals surface area contributed by atoms with Gasteiger partial charge in [0, 0.05) is 54.5 Å². The average Bonchev–Trinajstić information content (AvgIpc) is 2.86. The Labute approximate surface area is 196 Å². The molecule has 0 amide bonds. The number of thioether (sulfide) groups is 1. The summed E-state index contributed by atoms with van der Waals surface area (Å²) in [4.78, 5) is 23.9. The van der Waals surface area contributed by atoms with Crippen molar-refractivity contribution in [3.63, 3.8) is 0 Å². The van der Waals surface area contributed by atoms with E-state index >= 15 is 0 Å². The minimum atomic E-state index is 0.681. The molecule has 0 spiro atoms. The molecule has 8 nitrogen and oxygen atoms in total. The summed E-state index contributed by atoms with van der Waals surface area (Å²) in [6.07, 6.45) is 3.56. The standard InChI is InChI=1S/C24H22N8S/c25-17-33-19-8-6-18(7-9-19)28-23-20-4-1-2-5-21(20)29-22(30-23)16-31-12-14-32(15-13-31)24-26-10-3-11-27-24/h1-11H,12-16H2,(H,28,29,30). The number of aromatic nitrogens is 4. The number of piperazine rings is 1. The van der Waals surface area contributed by atoms with Crippen molar-refractivity contribution >= 4 is 40.1 Å². The minimum absolute atomic E-state index is 0.681. The zero-order valence-electron chi connectivity index (χ0n) is 17.9. The SMILES string of the molecule is N#CSc1ccc(Nc2nc(CN3CCN(c4ncccn4)CC3)nc3ccccc23)cc1. The Kier molecular flexibility index (Phi) is 6.28. The maximum Gasteiger partial charge on any atom is 0.225 e. The fourth-order valence-corrected chi connectivity index (χ4v) is 4.22. The molecule has 1 saturated heterocycles. The molecule has 1 aliphatic rings. The van der Waals surface area contributed by atoms with E-state index in [4.69, 9.17) is 15.2 Å². The first-order valence-electron chi connectivity index (χ1n) is 10.7. The van der Waals surface area contributed by atoms with Crippen molar-refractivity contribution in [2.45, 2.75) is 11.4 Å². The number of hydrogen-bond donors (Lipinski definition) is 1. The van der Waals surface area contributed by atoms with Crippen molar-refractivity contribution in [1.29, 1.82) is 5.26 Å². The molecule has 0 radical (unpaired) electrons. The first-order chi connectivity index (χ1) is 16.3. The van der Waals surface area contributed by atoms with Gasteiger partial charge in [-0.2, -0.15) is 5.26 Å². The van der Waals surface area contributed by atoms with E-state index in [0.29, 0.717) is 6.54 Å². The number of anilines is 3. The molecule has 1 fully saturated rings. The van der Waals surface area contributed by atoms with Crippen LogP contribution < -0.4 is 10.2 Å². The molecule has 2 aromatic carbocycles. The molecule has 4 aromatic rings. The quantitative estimate of drug-likeness (QED) is 0.342. The lowest BCUT2D eigenvalue weighted by Gasteiger charge is -2.34. The number of para-hydroxylation sites is 1. The predicted octanol–water partition coefficient (Wildman–Crippen LogP) is 4.06. The lowest BCUT2D eigenvalue weighted by Crippen LogP contribution is -2.46. The monoisotopic (exact) mass is 454 g/mol. The van der Waals surface area contributed by atoms with E-state index in [1.807, 2.05) is 54.6 Å². The van der Waals surface area contributed by atoms with Crippen LogP contribution in [0.2, 0.25) is 0 Å². The largest absolute Gasteiger partial charge is 0.340 e. The average molecular weight is 455 g/mol. The topological polar surface area (TPSA) is 93.9 Å². The molecule has 33 heavy (non-hydrogen) atoms. The van der Waals surface area contributed by atoms with E-state index in [0.717, 1.165) is 77.0 Å². The third-order valence-corrected chi connectivity index (χ3v) is 6.10. The molecule has 9 heteroatoms. The Balaban J connectivity index is 1.32. The summed E-state index contributed by atoms with van der Waals surface area (Å²) in [5.41, 5.74) is 1.83. The predicted molar refractivity (Wildman–Crippen MR) is 130 cm³/mol. The van der Waals surface area contributed by atoms with E-state index in [1.165, 1.54) is 0 Å². The molecule has 3 heterocycles. The van der Waals surface area contributed by atoms with Gasteiger partial charge in [0.1, 0.15) is 17.0 Å². The van der Waals surface area contributed by atoms with Crippen LogP contribution in [-0.4, -0.2) is 51.0 Å². The van der Waals surface area contributed by atoms with Gasteiger partial charge in [0.2, 0.25) is 5.95 Å². The second-order valence-corrected chi connectivity index (χ2v) is 8.52. The molecule has 2 aromatic heterocycles. The summed E-state index contributed by atoms with van der Waals surface area (Å²) >= 11 is 1.15. The van der Waals surface area contributed by atoms with Crippen LogP contribution in [0.3, 0.4) is 0 Å². The highest BCUT2D eigenvalue weighted by Gasteiger charge is 2.20. The maximum atomic E-state index is 8.85. The van der Waals surface area contributed by atoms with Crippen LogP contribution in [0.1, 0.15) is 5.82 Å². The van der Waals surface area contributed by atoms with E-state index in [2.05, 4.69) is 30.5 Å². The van der Waals surface area contributed by atoms with Crippen molar-refractivity contribution in [1.82, 2.24) is 24.8 Å². The van der Waals surface area contributed by atoms with Gasteiger partial charge in [0.05, 0.1) is 12.1 Å². The molecule has 5 rings (SSSR count). The van der Waals surface area contributed by atoms with Crippen LogP contribution in [-0.2, 0) is 6.54 Å². The summed E-state index contributed by atoms with van der Waals surface area (Å²) in [6.45, 7) is 4.22. The number of rotatable bonds is 6. The molecule has 0 unspecified atom stereocenters. The Morgan fingerprint density at radius 3 is 2.42 bits per heavy atom. The van der Waals surface area contributed by atoms with Crippen molar-refractivity contribution in [3.05, 3.63) is 72.8 Å². The molecule has 0 atom stereocenters. The number of benzene rings is 2. The molecule has 0 bridgehead atoms. The number of hydrogen-bond acceptors (Lipinski definition) is 9. The van der Waals surface area contributed by atoms with Gasteiger partial charge in [0.25, 0.3) is 0 Å². The molecular weight excluding hydrogens is 432 g/mol. The smallest absolute Gasteiger partial charge is 0.225 e. The van der Waals surface area contributed by atoms with E-state index in [-0.39, 0.29) is 0 Å². The highest BCUT2D eigenvalue weighted by molar-refractivity contribution is 8.03. The zero-order valence-corrected chi connectivity index (χ0v) is 18.7. The summed E-state index contributed by atoms with van der Waals surface area (Å²) in [7, 11) is 0. The normalized spacial score (nSPS) is 14.2. The fraction of sp³-hybridized carbons (Fsp3) is 0.208. The van der Waals surface area contributed by atoms with Crippen molar-refractivity contribution in [3.8, 4) is 5.40 Å². The number of nitriles is 1. The Morgan fingerprint density at radius 1 is 0.909 bits per heavy atom. The number of fused-ring (bicyclic) bond motifs is 1. The van der Waals surface area contributed by atoms with Gasteiger partial charge in [-0.3, -0.25) is 4.90 Å². The van der Waals surface area contributed by atoms with Gasteiger partial charge < -0.3 is 10.2 Å². The number of thiocyanates is 1. The highest BCUT2D eigenvalue weighted by Crippen LogP contribution is 2.26. The Hall–Kier alpha value is -3.74. The minimum Gasteiger partial charge on any atom is -0.340 e. The summed E-state index contributed by atoms with van der Waals surface area (Å²) < 4.78 is 0. The molecule has 1 N–H and O–H groups in total. The van der Waals surface area contributed by atoms with Crippen molar-refractivity contribution in [2.75, 3.05) is 36.4 Å². The fourth-order valence-electron chi connectivity index (χ4n) is 3.85. The molecular formula is C24H22N8S. The van der Waals surface area contributed by atoms with Gasteiger partial charge in [-0.05, 0) is 54.2 Å². The van der Waals surface area contributed by atoms with Crippen molar-refractivity contribution < 1.29 is 0 Å². The lowest BCUT2D eigenvalue weighted by atomic mass is 10.2. The molecule has 0 aliphatic carbocycles. The first kappa shape index (κ1) is 21.1. The summed E-state index contributed by atoms with van der Waals surface area (Å²) in [5, 5.41) is 15.4. The third-order valence-electron chi connectivity index (χ3n) is 5.50. The van der Waals surface area contributed by atoms with Crippen LogP contribution in [0.4, 0.5) is 17.5 Å². The zero-order chi connectivity index (χ0) is 22.5. The molecule has 1 aliphatic heterocycles. The number of nitrogens with one attached hydrogen (secondary N) is 1. The molecule has 164 valence electrons. The highest BCUT2D eigenvalue weighted by atomic mass is 32.2. The van der Waals surface area contributed by atoms with Crippen LogP contribution in [0.15, 0.2) is 71.9 Å². The molecule has 0 saturated carbocycles. The van der Waals surface area contributed by atoms with E-state index in [9.17, 15) is 0 Å². The van der Waals surface area contributed by atoms with Crippen LogP contribution in [0.5, 0.6) is 0 Å². The van der Waals surface area contributed by atoms with Gasteiger partial charge >= 0.3 is 0 Å². The lowest BCUT2D eigenvalue weighted by molar-refractivity contribution is 0.243. The Bertz CT molecular complexity index is 1270. The van der Waals surface area contributed by atoms with Crippen molar-refractivity contribution in [2.24, 2.45) is 0 Å².